The van der Waals surface area contributed by atoms with Crippen LogP contribution < -0.4 is 5.32 Å². The Balaban J connectivity index is 2.10. The van der Waals surface area contributed by atoms with E-state index in [0.717, 1.165) is 5.56 Å². The first-order valence-corrected chi connectivity index (χ1v) is 6.79. The smallest absolute Gasteiger partial charge is 0.141 e. The number of halogens is 1. The first kappa shape index (κ1) is 13.5. The second kappa shape index (κ2) is 5.35. The van der Waals surface area contributed by atoms with Gasteiger partial charge in [-0.25, -0.2) is 4.39 Å². The summed E-state index contributed by atoms with van der Waals surface area (Å²) in [5.74, 6) is 0.343. The lowest BCUT2D eigenvalue weighted by molar-refractivity contribution is 0.164. The van der Waals surface area contributed by atoms with Crippen LogP contribution >= 0.6 is 0 Å². The van der Waals surface area contributed by atoms with Crippen LogP contribution in [0.1, 0.15) is 51.1 Å². The van der Waals surface area contributed by atoms with Crippen molar-refractivity contribution in [1.82, 2.24) is 10.3 Å². The van der Waals surface area contributed by atoms with Gasteiger partial charge < -0.3 is 5.32 Å². The number of aromatic nitrogens is 1. The first-order valence-electron chi connectivity index (χ1n) is 6.79. The number of nitrogens with one attached hydrogen (secondary N) is 1. The van der Waals surface area contributed by atoms with Gasteiger partial charge in [0.15, 0.2) is 0 Å². The van der Waals surface area contributed by atoms with Crippen LogP contribution in [0.3, 0.4) is 0 Å². The number of rotatable bonds is 3. The molecule has 0 spiro atoms. The average Bonchev–Trinajstić information content (AvgIpc) is 2.32. The summed E-state index contributed by atoms with van der Waals surface area (Å²) in [4.78, 5) is 3.96. The number of hydrogen-bond donors (Lipinski definition) is 1. The maximum atomic E-state index is 13.3. The van der Waals surface area contributed by atoms with E-state index in [0.29, 0.717) is 11.3 Å². The average molecular weight is 250 g/mol. The highest BCUT2D eigenvalue weighted by Crippen LogP contribution is 2.42. The Morgan fingerprint density at radius 2 is 2.00 bits per heavy atom. The molecule has 1 saturated carbocycles. The third kappa shape index (κ3) is 3.08. The fraction of sp³-hybridized carbons (Fsp3) is 0.667. The van der Waals surface area contributed by atoms with Crippen molar-refractivity contribution in [2.24, 2.45) is 11.3 Å². The van der Waals surface area contributed by atoms with Crippen LogP contribution in [-0.4, -0.2) is 12.0 Å². The summed E-state index contributed by atoms with van der Waals surface area (Å²) in [5, 5.41) is 3.34. The molecule has 1 fully saturated rings. The molecule has 1 aromatic rings. The third-order valence-corrected chi connectivity index (χ3v) is 4.25. The van der Waals surface area contributed by atoms with Gasteiger partial charge in [-0.05, 0) is 55.7 Å². The highest BCUT2D eigenvalue weighted by atomic mass is 19.1. The molecule has 0 bridgehead atoms. The molecule has 1 aliphatic carbocycles. The lowest BCUT2D eigenvalue weighted by atomic mass is 9.70. The van der Waals surface area contributed by atoms with E-state index in [4.69, 9.17) is 0 Å². The fourth-order valence-electron chi connectivity index (χ4n) is 3.03. The summed E-state index contributed by atoms with van der Waals surface area (Å²) in [6.07, 6.45) is 7.95. The Labute approximate surface area is 109 Å². The molecule has 1 aliphatic rings. The summed E-state index contributed by atoms with van der Waals surface area (Å²) in [6.45, 7) is 4.67. The Morgan fingerprint density at radius 3 is 2.56 bits per heavy atom. The van der Waals surface area contributed by atoms with Gasteiger partial charge in [-0.1, -0.05) is 13.8 Å². The maximum Gasteiger partial charge on any atom is 0.141 e. The van der Waals surface area contributed by atoms with Crippen LogP contribution in [0.15, 0.2) is 18.5 Å². The largest absolute Gasteiger partial charge is 0.313 e. The van der Waals surface area contributed by atoms with Gasteiger partial charge in [-0.2, -0.15) is 0 Å². The molecule has 0 aromatic carbocycles. The summed E-state index contributed by atoms with van der Waals surface area (Å²) < 4.78 is 13.3. The molecule has 0 aliphatic heterocycles. The summed E-state index contributed by atoms with van der Waals surface area (Å²) in [6, 6.07) is 1.83. The van der Waals surface area contributed by atoms with Crippen molar-refractivity contribution in [2.45, 2.75) is 45.6 Å². The standard InChI is InChI=1S/C15H23FN2/c1-15(2)6-4-11(5-7-15)14(17-3)12-8-13(16)10-18-9-12/h8-11,14,17H,4-7H2,1-3H3. The molecule has 0 saturated heterocycles. The van der Waals surface area contributed by atoms with Crippen molar-refractivity contribution in [3.63, 3.8) is 0 Å². The summed E-state index contributed by atoms with van der Waals surface area (Å²) in [5.41, 5.74) is 1.44. The van der Waals surface area contributed by atoms with Gasteiger partial charge in [-0.15, -0.1) is 0 Å². The van der Waals surface area contributed by atoms with E-state index in [-0.39, 0.29) is 11.9 Å². The normalized spacial score (nSPS) is 21.8. The van der Waals surface area contributed by atoms with Crippen LogP contribution in [0.25, 0.3) is 0 Å². The fourth-order valence-corrected chi connectivity index (χ4v) is 3.03. The first-order chi connectivity index (χ1) is 8.52. The van der Waals surface area contributed by atoms with Crippen LogP contribution in [0, 0.1) is 17.2 Å². The zero-order chi connectivity index (χ0) is 13.2. The van der Waals surface area contributed by atoms with Crippen molar-refractivity contribution in [1.29, 1.82) is 0 Å². The molecule has 18 heavy (non-hydrogen) atoms. The van der Waals surface area contributed by atoms with Crippen LogP contribution in [0.4, 0.5) is 4.39 Å². The van der Waals surface area contributed by atoms with Crippen LogP contribution in [0.5, 0.6) is 0 Å². The minimum Gasteiger partial charge on any atom is -0.313 e. The van der Waals surface area contributed by atoms with E-state index in [1.165, 1.54) is 31.9 Å². The Hall–Kier alpha value is -0.960. The predicted molar refractivity (Wildman–Crippen MR) is 71.7 cm³/mol. The van der Waals surface area contributed by atoms with Gasteiger partial charge in [0, 0.05) is 12.2 Å². The van der Waals surface area contributed by atoms with Crippen molar-refractivity contribution < 1.29 is 4.39 Å². The summed E-state index contributed by atoms with van der Waals surface area (Å²) in [7, 11) is 1.95. The van der Waals surface area contributed by atoms with E-state index >= 15 is 0 Å². The van der Waals surface area contributed by atoms with E-state index in [9.17, 15) is 4.39 Å². The maximum absolute atomic E-state index is 13.3. The van der Waals surface area contributed by atoms with Crippen molar-refractivity contribution in [3.8, 4) is 0 Å². The van der Waals surface area contributed by atoms with E-state index in [2.05, 4.69) is 24.1 Å². The Morgan fingerprint density at radius 1 is 1.33 bits per heavy atom. The second-order valence-electron chi connectivity index (χ2n) is 6.20. The zero-order valence-electron chi connectivity index (χ0n) is 11.5. The molecule has 1 heterocycles. The van der Waals surface area contributed by atoms with Crippen molar-refractivity contribution in [3.05, 3.63) is 29.8 Å². The lowest BCUT2D eigenvalue weighted by Crippen LogP contribution is -2.31. The molecular weight excluding hydrogens is 227 g/mol. The molecule has 1 N–H and O–H groups in total. The van der Waals surface area contributed by atoms with E-state index in [1.807, 2.05) is 7.05 Å². The molecule has 2 nitrogen and oxygen atoms in total. The SMILES string of the molecule is CNC(c1cncc(F)c1)C1CCC(C)(C)CC1. The topological polar surface area (TPSA) is 24.9 Å². The minimum absolute atomic E-state index is 0.226. The quantitative estimate of drug-likeness (QED) is 0.884. The molecule has 0 radical (unpaired) electrons. The van der Waals surface area contributed by atoms with Crippen molar-refractivity contribution >= 4 is 0 Å². The molecular formula is C15H23FN2. The highest BCUT2D eigenvalue weighted by molar-refractivity contribution is 5.16. The molecule has 1 atom stereocenters. The molecule has 2 rings (SSSR count). The number of nitrogens with zero attached hydrogens (tertiary/aromatic N) is 1. The van der Waals surface area contributed by atoms with Gasteiger partial charge in [0.1, 0.15) is 5.82 Å². The molecule has 0 amide bonds. The molecule has 100 valence electrons. The third-order valence-electron chi connectivity index (χ3n) is 4.25. The molecule has 3 heteroatoms. The van der Waals surface area contributed by atoms with Crippen LogP contribution in [0.2, 0.25) is 0 Å². The molecule has 1 aromatic heterocycles. The Kier molecular flexibility index (Phi) is 4.00. The van der Waals surface area contributed by atoms with Gasteiger partial charge in [0.2, 0.25) is 0 Å². The zero-order valence-corrected chi connectivity index (χ0v) is 11.5. The minimum atomic E-state index is -0.246. The number of hydrogen-bond acceptors (Lipinski definition) is 2. The number of pyridine rings is 1. The molecule has 1 unspecified atom stereocenters. The van der Waals surface area contributed by atoms with Gasteiger partial charge >= 0.3 is 0 Å². The predicted octanol–water partition coefficient (Wildman–Crippen LogP) is 3.70. The summed E-state index contributed by atoms with van der Waals surface area (Å²) >= 11 is 0. The highest BCUT2D eigenvalue weighted by Gasteiger charge is 2.31. The van der Waals surface area contributed by atoms with Gasteiger partial charge in [-0.3, -0.25) is 4.98 Å². The van der Waals surface area contributed by atoms with Gasteiger partial charge in [0.25, 0.3) is 0 Å². The monoisotopic (exact) mass is 250 g/mol. The lowest BCUT2D eigenvalue weighted by Gasteiger charge is -2.38. The van der Waals surface area contributed by atoms with Gasteiger partial charge in [0.05, 0.1) is 6.20 Å². The second-order valence-corrected chi connectivity index (χ2v) is 6.20. The van der Waals surface area contributed by atoms with E-state index in [1.54, 1.807) is 12.3 Å². The Bertz CT molecular complexity index is 393. The van der Waals surface area contributed by atoms with Crippen LogP contribution in [-0.2, 0) is 0 Å². The van der Waals surface area contributed by atoms with Crippen molar-refractivity contribution in [2.75, 3.05) is 7.05 Å². The van der Waals surface area contributed by atoms with E-state index < -0.39 is 0 Å².